The van der Waals surface area contributed by atoms with Crippen LogP contribution in [0.4, 0.5) is 8.78 Å². The molecule has 1 amide bonds. The molecule has 3 rings (SSSR count). The van der Waals surface area contributed by atoms with E-state index >= 15 is 0 Å². The highest BCUT2D eigenvalue weighted by atomic mass is 19.2. The minimum Gasteiger partial charge on any atom is -0.487 e. The Morgan fingerprint density at radius 3 is 2.50 bits per heavy atom. The third kappa shape index (κ3) is 6.02. The number of halogens is 2. The van der Waals surface area contributed by atoms with E-state index in [-0.39, 0.29) is 25.0 Å². The van der Waals surface area contributed by atoms with E-state index in [2.05, 4.69) is 5.32 Å². The number of likely N-dealkylation sites (N-methyl/N-ethyl adjacent to an activating group) is 1. The van der Waals surface area contributed by atoms with E-state index in [4.69, 9.17) is 9.84 Å². The molecular weight excluding hydrogens is 422 g/mol. The minimum absolute atomic E-state index is 0.0651. The zero-order chi connectivity index (χ0) is 23.3. The van der Waals surface area contributed by atoms with Crippen LogP contribution in [0.15, 0.2) is 48.5 Å². The number of carboxylic acid groups (broad SMARTS) is 1. The summed E-state index contributed by atoms with van der Waals surface area (Å²) in [6, 6.07) is 11.6. The van der Waals surface area contributed by atoms with Gasteiger partial charge in [-0.3, -0.25) is 14.5 Å². The summed E-state index contributed by atoms with van der Waals surface area (Å²) in [5, 5.41) is 22.6. The second-order valence-corrected chi connectivity index (χ2v) is 7.92. The van der Waals surface area contributed by atoms with Gasteiger partial charge < -0.3 is 20.3 Å². The van der Waals surface area contributed by atoms with Crippen LogP contribution in [-0.2, 0) is 16.1 Å². The number of aliphatic carboxylic acids is 1. The Balaban J connectivity index is 1.76. The van der Waals surface area contributed by atoms with Gasteiger partial charge in [-0.25, -0.2) is 8.78 Å². The average molecular weight is 448 g/mol. The van der Waals surface area contributed by atoms with Gasteiger partial charge in [0.1, 0.15) is 18.0 Å². The molecule has 0 spiro atoms. The highest BCUT2D eigenvalue weighted by Crippen LogP contribution is 2.30. The summed E-state index contributed by atoms with van der Waals surface area (Å²) in [4.78, 5) is 24.9. The average Bonchev–Trinajstić information content (AvgIpc) is 3.04. The molecule has 9 heteroatoms. The highest BCUT2D eigenvalue weighted by Gasteiger charge is 2.46. The number of ether oxygens (including phenoxy) is 1. The van der Waals surface area contributed by atoms with Gasteiger partial charge in [-0.1, -0.05) is 30.3 Å². The Bertz CT molecular complexity index is 943. The number of nitrogens with one attached hydrogen (secondary N) is 1. The SMILES string of the molecule is CN(Cc1ccccc1)[C@@H]1[C@@H](O)[C@H](Oc2ccc(F)c(F)c2)C[C@H]1NC(=O)CCC(=O)O. The topological polar surface area (TPSA) is 99.1 Å². The number of carbonyl (C=O) groups is 2. The molecule has 4 atom stereocenters. The lowest BCUT2D eigenvalue weighted by Gasteiger charge is -2.32. The standard InChI is InChI=1S/C23H26F2N2O5/c1-27(13-14-5-3-2-4-6-14)22-18(26-20(28)9-10-21(29)30)12-19(23(22)31)32-15-7-8-16(24)17(25)11-15/h2-8,11,18-19,22-23,31H,9-10,12-13H2,1H3,(H,26,28)(H,29,30)/t18-,19-,22+,23+/m1/s1. The van der Waals surface area contributed by atoms with E-state index in [0.29, 0.717) is 6.54 Å². The fourth-order valence-electron chi connectivity index (χ4n) is 4.02. The van der Waals surface area contributed by atoms with Gasteiger partial charge in [0.05, 0.1) is 18.5 Å². The number of amides is 1. The van der Waals surface area contributed by atoms with Crippen LogP contribution in [0.3, 0.4) is 0 Å². The molecule has 1 saturated carbocycles. The number of carbonyl (C=O) groups excluding carboxylic acids is 1. The highest BCUT2D eigenvalue weighted by molar-refractivity contribution is 5.80. The molecular formula is C23H26F2N2O5. The van der Waals surface area contributed by atoms with Crippen molar-refractivity contribution in [2.75, 3.05) is 7.05 Å². The van der Waals surface area contributed by atoms with Crippen molar-refractivity contribution in [1.29, 1.82) is 0 Å². The number of aliphatic hydroxyl groups excluding tert-OH is 1. The summed E-state index contributed by atoms with van der Waals surface area (Å²) in [6.45, 7) is 0.488. The van der Waals surface area contributed by atoms with Gasteiger partial charge in [-0.05, 0) is 24.7 Å². The molecule has 3 N–H and O–H groups in total. The van der Waals surface area contributed by atoms with Crippen molar-refractivity contribution in [2.45, 2.75) is 50.1 Å². The van der Waals surface area contributed by atoms with Gasteiger partial charge >= 0.3 is 5.97 Å². The maximum Gasteiger partial charge on any atom is 0.303 e. The van der Waals surface area contributed by atoms with Crippen molar-refractivity contribution in [2.24, 2.45) is 0 Å². The predicted octanol–water partition coefficient (Wildman–Crippen LogP) is 2.33. The number of carboxylic acids is 1. The normalized spacial score (nSPS) is 22.7. The van der Waals surface area contributed by atoms with Crippen LogP contribution in [0.25, 0.3) is 0 Å². The lowest BCUT2D eigenvalue weighted by atomic mass is 10.1. The number of aliphatic hydroxyl groups is 1. The van der Waals surface area contributed by atoms with Crippen molar-refractivity contribution < 1.29 is 33.3 Å². The maximum atomic E-state index is 13.6. The summed E-state index contributed by atoms with van der Waals surface area (Å²) in [7, 11) is 1.80. The first-order chi connectivity index (χ1) is 15.2. The monoisotopic (exact) mass is 448 g/mol. The fraction of sp³-hybridized carbons (Fsp3) is 0.391. The van der Waals surface area contributed by atoms with Crippen LogP contribution < -0.4 is 10.1 Å². The molecule has 172 valence electrons. The first-order valence-electron chi connectivity index (χ1n) is 10.3. The first-order valence-corrected chi connectivity index (χ1v) is 10.3. The maximum absolute atomic E-state index is 13.6. The Labute approximate surface area is 184 Å². The fourth-order valence-corrected chi connectivity index (χ4v) is 4.02. The van der Waals surface area contributed by atoms with Gasteiger partial charge in [0.2, 0.25) is 5.91 Å². The van der Waals surface area contributed by atoms with E-state index in [1.54, 1.807) is 7.05 Å². The zero-order valence-electron chi connectivity index (χ0n) is 17.6. The molecule has 0 aliphatic heterocycles. The molecule has 2 aromatic carbocycles. The summed E-state index contributed by atoms with van der Waals surface area (Å²) in [5.41, 5.74) is 1.00. The molecule has 1 fully saturated rings. The third-order valence-electron chi connectivity index (χ3n) is 5.50. The van der Waals surface area contributed by atoms with Crippen LogP contribution in [0.1, 0.15) is 24.8 Å². The van der Waals surface area contributed by atoms with Crippen molar-refractivity contribution in [3.8, 4) is 5.75 Å². The predicted molar refractivity (Wildman–Crippen MR) is 112 cm³/mol. The van der Waals surface area contributed by atoms with Gasteiger partial charge in [0, 0.05) is 25.5 Å². The molecule has 2 aromatic rings. The molecule has 0 saturated heterocycles. The number of hydrogen-bond donors (Lipinski definition) is 3. The van der Waals surface area contributed by atoms with Gasteiger partial charge in [-0.2, -0.15) is 0 Å². The molecule has 0 aromatic heterocycles. The molecule has 7 nitrogen and oxygen atoms in total. The van der Waals surface area contributed by atoms with E-state index in [0.717, 1.165) is 17.7 Å². The van der Waals surface area contributed by atoms with Crippen LogP contribution in [0.2, 0.25) is 0 Å². The lowest BCUT2D eigenvalue weighted by molar-refractivity contribution is -0.139. The van der Waals surface area contributed by atoms with E-state index < -0.39 is 47.8 Å². The van der Waals surface area contributed by atoms with Crippen LogP contribution in [-0.4, -0.2) is 58.3 Å². The van der Waals surface area contributed by atoms with Gasteiger partial charge in [-0.15, -0.1) is 0 Å². The molecule has 1 aliphatic carbocycles. The third-order valence-corrected chi connectivity index (χ3v) is 5.50. The quantitative estimate of drug-likeness (QED) is 0.545. The van der Waals surface area contributed by atoms with Crippen molar-refractivity contribution in [3.05, 3.63) is 65.7 Å². The van der Waals surface area contributed by atoms with E-state index in [1.165, 1.54) is 6.07 Å². The van der Waals surface area contributed by atoms with Crippen LogP contribution in [0.5, 0.6) is 5.75 Å². The molecule has 0 unspecified atom stereocenters. The second-order valence-electron chi connectivity index (χ2n) is 7.92. The smallest absolute Gasteiger partial charge is 0.303 e. The summed E-state index contributed by atoms with van der Waals surface area (Å²) < 4.78 is 32.5. The van der Waals surface area contributed by atoms with Crippen molar-refractivity contribution in [1.82, 2.24) is 10.2 Å². The minimum atomic E-state index is -1.08. The summed E-state index contributed by atoms with van der Waals surface area (Å²) in [5.74, 6) is -3.53. The first kappa shape index (κ1) is 23.6. The van der Waals surface area contributed by atoms with Crippen LogP contribution in [0, 0.1) is 11.6 Å². The van der Waals surface area contributed by atoms with Crippen LogP contribution >= 0.6 is 0 Å². The Morgan fingerprint density at radius 2 is 1.84 bits per heavy atom. The second kappa shape index (κ2) is 10.5. The number of hydrogen-bond acceptors (Lipinski definition) is 5. The van der Waals surface area contributed by atoms with Crippen molar-refractivity contribution in [3.63, 3.8) is 0 Å². The van der Waals surface area contributed by atoms with E-state index in [1.807, 2.05) is 35.2 Å². The Morgan fingerprint density at radius 1 is 1.12 bits per heavy atom. The lowest BCUT2D eigenvalue weighted by Crippen LogP contribution is -2.51. The van der Waals surface area contributed by atoms with E-state index in [9.17, 15) is 23.5 Å². The van der Waals surface area contributed by atoms with Gasteiger partial charge in [0.25, 0.3) is 0 Å². The number of benzene rings is 2. The number of rotatable bonds is 9. The Hall–Kier alpha value is -3.04. The number of nitrogens with zero attached hydrogens (tertiary/aromatic N) is 1. The Kier molecular flexibility index (Phi) is 7.76. The summed E-state index contributed by atoms with van der Waals surface area (Å²) in [6.07, 6.45) is -2.11. The zero-order valence-corrected chi connectivity index (χ0v) is 17.6. The van der Waals surface area contributed by atoms with Gasteiger partial charge in [0.15, 0.2) is 11.6 Å². The molecule has 0 radical (unpaired) electrons. The van der Waals surface area contributed by atoms with Crippen molar-refractivity contribution >= 4 is 11.9 Å². The molecule has 0 bridgehead atoms. The summed E-state index contributed by atoms with van der Waals surface area (Å²) >= 11 is 0. The largest absolute Gasteiger partial charge is 0.487 e. The molecule has 1 aliphatic rings. The molecule has 0 heterocycles. The molecule has 32 heavy (non-hydrogen) atoms.